The molecule has 2 heterocycles. The number of aromatic nitrogens is 1. The molecule has 1 saturated heterocycles. The number of halogens is 1. The number of pyridine rings is 1. The Hall–Kier alpha value is -0.800. The van der Waals surface area contributed by atoms with Gasteiger partial charge in [0.15, 0.2) is 0 Å². The minimum absolute atomic E-state index is 0.414. The molecule has 1 aromatic heterocycles. The van der Waals surface area contributed by atoms with Gasteiger partial charge in [0.1, 0.15) is 0 Å². The van der Waals surface area contributed by atoms with Crippen LogP contribution < -0.4 is 10.6 Å². The number of anilines is 1. The summed E-state index contributed by atoms with van der Waals surface area (Å²) < 4.78 is 0. The normalized spacial score (nSPS) is 22.0. The molecule has 0 bridgehead atoms. The van der Waals surface area contributed by atoms with E-state index in [0.29, 0.717) is 12.1 Å². The van der Waals surface area contributed by atoms with Gasteiger partial charge in [-0.15, -0.1) is 0 Å². The van der Waals surface area contributed by atoms with Crippen molar-refractivity contribution < 1.29 is 0 Å². The largest absolute Gasteiger partial charge is 0.380 e. The summed E-state index contributed by atoms with van der Waals surface area (Å²) in [5, 5.41) is 7.64. The predicted molar refractivity (Wildman–Crippen MR) is 68.0 cm³/mol. The molecule has 4 heteroatoms. The van der Waals surface area contributed by atoms with Gasteiger partial charge >= 0.3 is 0 Å². The topological polar surface area (TPSA) is 37.0 Å². The second kappa shape index (κ2) is 5.51. The van der Waals surface area contributed by atoms with Gasteiger partial charge in [0, 0.05) is 18.3 Å². The van der Waals surface area contributed by atoms with Gasteiger partial charge in [-0.2, -0.15) is 0 Å². The molecule has 0 saturated carbocycles. The number of hydrogen-bond donors (Lipinski definition) is 2. The van der Waals surface area contributed by atoms with E-state index in [1.807, 2.05) is 6.07 Å². The maximum absolute atomic E-state index is 6.07. The zero-order valence-corrected chi connectivity index (χ0v) is 10.3. The Bertz CT molecular complexity index is 337. The average Bonchev–Trinajstić information content (AvgIpc) is 2.74. The monoisotopic (exact) mass is 239 g/mol. The number of nitrogens with one attached hydrogen (secondary N) is 2. The van der Waals surface area contributed by atoms with Crippen LogP contribution in [0, 0.1) is 0 Å². The van der Waals surface area contributed by atoms with E-state index in [0.717, 1.165) is 23.7 Å². The number of hydrogen-bond acceptors (Lipinski definition) is 3. The van der Waals surface area contributed by atoms with Crippen molar-refractivity contribution in [3.8, 4) is 0 Å². The Morgan fingerprint density at radius 1 is 1.69 bits per heavy atom. The van der Waals surface area contributed by atoms with E-state index in [1.54, 1.807) is 12.4 Å². The van der Waals surface area contributed by atoms with Crippen molar-refractivity contribution in [2.75, 3.05) is 11.9 Å². The first-order chi connectivity index (χ1) is 7.75. The van der Waals surface area contributed by atoms with Crippen molar-refractivity contribution in [2.45, 2.75) is 38.3 Å². The maximum Gasteiger partial charge on any atom is 0.0718 e. The highest BCUT2D eigenvalue weighted by Gasteiger charge is 2.17. The molecule has 1 aromatic rings. The SMILES string of the molecule is CC(CC1CCCN1)Nc1cnccc1Cl. The molecule has 0 amide bonds. The van der Waals surface area contributed by atoms with Gasteiger partial charge < -0.3 is 10.6 Å². The first-order valence-corrected chi connectivity index (χ1v) is 6.23. The molecule has 2 atom stereocenters. The molecule has 0 aliphatic carbocycles. The summed E-state index contributed by atoms with van der Waals surface area (Å²) in [7, 11) is 0. The Kier molecular flexibility index (Phi) is 4.02. The van der Waals surface area contributed by atoms with Gasteiger partial charge in [-0.1, -0.05) is 11.6 Å². The van der Waals surface area contributed by atoms with Crippen molar-refractivity contribution in [1.82, 2.24) is 10.3 Å². The smallest absolute Gasteiger partial charge is 0.0718 e. The molecule has 1 aliphatic rings. The van der Waals surface area contributed by atoms with Gasteiger partial charge in [0.05, 0.1) is 16.9 Å². The van der Waals surface area contributed by atoms with Crippen LogP contribution in [0.3, 0.4) is 0 Å². The zero-order chi connectivity index (χ0) is 11.4. The Balaban J connectivity index is 1.86. The van der Waals surface area contributed by atoms with Crippen LogP contribution in [0.4, 0.5) is 5.69 Å². The maximum atomic E-state index is 6.07. The molecule has 2 rings (SSSR count). The molecule has 1 fully saturated rings. The van der Waals surface area contributed by atoms with Gasteiger partial charge in [0.2, 0.25) is 0 Å². The summed E-state index contributed by atoms with van der Waals surface area (Å²) in [6.45, 7) is 3.34. The highest BCUT2D eigenvalue weighted by Crippen LogP contribution is 2.21. The van der Waals surface area contributed by atoms with Crippen LogP contribution in [0.25, 0.3) is 0 Å². The molecule has 0 spiro atoms. The molecule has 0 radical (unpaired) electrons. The lowest BCUT2D eigenvalue weighted by Crippen LogP contribution is -2.29. The number of rotatable bonds is 4. The molecule has 3 nitrogen and oxygen atoms in total. The fraction of sp³-hybridized carbons (Fsp3) is 0.583. The quantitative estimate of drug-likeness (QED) is 0.848. The van der Waals surface area contributed by atoms with Crippen LogP contribution in [0.15, 0.2) is 18.5 Å². The Morgan fingerprint density at radius 3 is 3.25 bits per heavy atom. The summed E-state index contributed by atoms with van der Waals surface area (Å²) in [5.41, 5.74) is 0.926. The molecular formula is C12H18ClN3. The third-order valence-corrected chi connectivity index (χ3v) is 3.30. The zero-order valence-electron chi connectivity index (χ0n) is 9.54. The fourth-order valence-electron chi connectivity index (χ4n) is 2.19. The van der Waals surface area contributed by atoms with Crippen molar-refractivity contribution in [3.63, 3.8) is 0 Å². The van der Waals surface area contributed by atoms with Gasteiger partial charge in [0.25, 0.3) is 0 Å². The standard InChI is InChI=1S/C12H18ClN3/c1-9(7-10-3-2-5-15-10)16-12-8-14-6-4-11(12)13/h4,6,8-10,15-16H,2-3,5,7H2,1H3. The average molecular weight is 240 g/mol. The van der Waals surface area contributed by atoms with Gasteiger partial charge in [-0.3, -0.25) is 4.98 Å². The van der Waals surface area contributed by atoms with Crippen LogP contribution >= 0.6 is 11.6 Å². The van der Waals surface area contributed by atoms with Crippen LogP contribution in [-0.2, 0) is 0 Å². The molecule has 1 aliphatic heterocycles. The predicted octanol–water partition coefficient (Wildman–Crippen LogP) is 2.68. The Labute approximate surface area is 102 Å². The van der Waals surface area contributed by atoms with Crippen molar-refractivity contribution in [3.05, 3.63) is 23.5 Å². The Morgan fingerprint density at radius 2 is 2.56 bits per heavy atom. The van der Waals surface area contributed by atoms with E-state index in [1.165, 1.54) is 12.8 Å². The van der Waals surface area contributed by atoms with Crippen molar-refractivity contribution in [2.24, 2.45) is 0 Å². The molecule has 2 unspecified atom stereocenters. The molecule has 0 aromatic carbocycles. The first kappa shape index (κ1) is 11.7. The van der Waals surface area contributed by atoms with E-state index in [2.05, 4.69) is 22.5 Å². The summed E-state index contributed by atoms with van der Waals surface area (Å²) in [5.74, 6) is 0. The van der Waals surface area contributed by atoms with E-state index in [4.69, 9.17) is 11.6 Å². The minimum atomic E-state index is 0.414. The van der Waals surface area contributed by atoms with Crippen LogP contribution in [0.1, 0.15) is 26.2 Å². The lowest BCUT2D eigenvalue weighted by Gasteiger charge is -2.19. The molecule has 2 N–H and O–H groups in total. The molecule has 88 valence electrons. The molecule has 16 heavy (non-hydrogen) atoms. The number of nitrogens with zero attached hydrogens (tertiary/aromatic N) is 1. The summed E-state index contributed by atoms with van der Waals surface area (Å²) >= 11 is 6.07. The lowest BCUT2D eigenvalue weighted by molar-refractivity contribution is 0.523. The lowest BCUT2D eigenvalue weighted by atomic mass is 10.1. The fourth-order valence-corrected chi connectivity index (χ4v) is 2.35. The van der Waals surface area contributed by atoms with Gasteiger partial charge in [-0.05, 0) is 38.8 Å². The second-order valence-electron chi connectivity index (χ2n) is 4.43. The van der Waals surface area contributed by atoms with E-state index >= 15 is 0 Å². The van der Waals surface area contributed by atoms with Crippen molar-refractivity contribution in [1.29, 1.82) is 0 Å². The van der Waals surface area contributed by atoms with Crippen LogP contribution in [0.5, 0.6) is 0 Å². The highest BCUT2D eigenvalue weighted by molar-refractivity contribution is 6.33. The van der Waals surface area contributed by atoms with E-state index in [9.17, 15) is 0 Å². The second-order valence-corrected chi connectivity index (χ2v) is 4.84. The van der Waals surface area contributed by atoms with Crippen molar-refractivity contribution >= 4 is 17.3 Å². The summed E-state index contributed by atoms with van der Waals surface area (Å²) in [6, 6.07) is 2.87. The third-order valence-electron chi connectivity index (χ3n) is 2.97. The third kappa shape index (κ3) is 3.09. The van der Waals surface area contributed by atoms with Crippen LogP contribution in [0.2, 0.25) is 5.02 Å². The minimum Gasteiger partial charge on any atom is -0.380 e. The van der Waals surface area contributed by atoms with Crippen LogP contribution in [-0.4, -0.2) is 23.6 Å². The summed E-state index contributed by atoms with van der Waals surface area (Å²) in [4.78, 5) is 4.07. The van der Waals surface area contributed by atoms with E-state index < -0.39 is 0 Å². The molecular weight excluding hydrogens is 222 g/mol. The van der Waals surface area contributed by atoms with Gasteiger partial charge in [-0.25, -0.2) is 0 Å². The first-order valence-electron chi connectivity index (χ1n) is 5.85. The summed E-state index contributed by atoms with van der Waals surface area (Å²) in [6.07, 6.45) is 7.20. The highest BCUT2D eigenvalue weighted by atomic mass is 35.5. The van der Waals surface area contributed by atoms with E-state index in [-0.39, 0.29) is 0 Å².